The van der Waals surface area contributed by atoms with Crippen LogP contribution < -0.4 is 0 Å². The van der Waals surface area contributed by atoms with Crippen LogP contribution in [0.4, 0.5) is 0 Å². The largest absolute Gasteiger partial charge is 0.308 e. The molecule has 2 aliphatic rings. The predicted molar refractivity (Wildman–Crippen MR) is 234 cm³/mol. The number of nitrogens with zero attached hydrogens (tertiary/aromatic N) is 1. The highest BCUT2D eigenvalue weighted by Gasteiger charge is 2.42. The quantitative estimate of drug-likeness (QED) is 0.158. The van der Waals surface area contributed by atoms with Crippen LogP contribution in [0.3, 0.4) is 0 Å². The first-order valence-corrected chi connectivity index (χ1v) is 19.6. The third kappa shape index (κ3) is 3.83. The van der Waals surface area contributed by atoms with Gasteiger partial charge in [0.2, 0.25) is 0 Å². The first kappa shape index (κ1) is 31.0. The Morgan fingerprint density at radius 2 is 0.764 bits per heavy atom. The Labute approximate surface area is 321 Å². The van der Waals surface area contributed by atoms with Gasteiger partial charge >= 0.3 is 0 Å². The van der Waals surface area contributed by atoms with Crippen molar-refractivity contribution in [2.75, 3.05) is 0 Å². The molecule has 0 amide bonds. The van der Waals surface area contributed by atoms with Crippen molar-refractivity contribution >= 4 is 54.1 Å². The van der Waals surface area contributed by atoms with Gasteiger partial charge in [-0.05, 0) is 95.4 Å². The molecule has 0 spiro atoms. The molecule has 9 aromatic carbocycles. The lowest BCUT2D eigenvalue weighted by Gasteiger charge is -2.26. The number of rotatable bonds is 2. The number of aromatic nitrogens is 1. The van der Waals surface area contributed by atoms with Crippen molar-refractivity contribution in [1.29, 1.82) is 0 Å². The van der Waals surface area contributed by atoms with E-state index in [1.807, 2.05) is 0 Å². The summed E-state index contributed by atoms with van der Waals surface area (Å²) in [6.45, 7) is 9.66. The monoisotopic (exact) mass is 701 g/mol. The van der Waals surface area contributed by atoms with Gasteiger partial charge in [-0.15, -0.1) is 0 Å². The second-order valence-electron chi connectivity index (χ2n) is 16.8. The van der Waals surface area contributed by atoms with Gasteiger partial charge in [0.05, 0.1) is 16.7 Å². The third-order valence-electron chi connectivity index (χ3n) is 13.4. The van der Waals surface area contributed by atoms with Gasteiger partial charge in [0.25, 0.3) is 0 Å². The molecule has 260 valence electrons. The van der Waals surface area contributed by atoms with E-state index in [9.17, 15) is 0 Å². The van der Waals surface area contributed by atoms with Crippen LogP contribution in [0.5, 0.6) is 0 Å². The summed E-state index contributed by atoms with van der Waals surface area (Å²) in [4.78, 5) is 0. The molecule has 0 bridgehead atoms. The van der Waals surface area contributed by atoms with Crippen LogP contribution in [0.1, 0.15) is 49.9 Å². The normalized spacial score (nSPS) is 14.8. The Morgan fingerprint density at radius 3 is 1.33 bits per heavy atom. The minimum atomic E-state index is -0.167. The Balaban J connectivity index is 1.29. The molecule has 1 heteroatoms. The molecule has 0 saturated heterocycles. The molecule has 2 aliphatic carbocycles. The number of hydrogen-bond acceptors (Lipinski definition) is 0. The van der Waals surface area contributed by atoms with Gasteiger partial charge in [-0.3, -0.25) is 0 Å². The average Bonchev–Trinajstić information content (AvgIpc) is 3.76. The average molecular weight is 702 g/mol. The molecule has 0 aliphatic heterocycles. The summed E-state index contributed by atoms with van der Waals surface area (Å²) in [5, 5.41) is 10.3. The summed E-state index contributed by atoms with van der Waals surface area (Å²) >= 11 is 0. The molecule has 55 heavy (non-hydrogen) atoms. The standard InChI is InChI=1S/C54H39N/c1-53(2)42-25-13-9-23-39(42)49-44(53)30-29-36-41(31-45-50(51(36)49)40-24-10-14-26-43(40)54(45,3)4)48-34-19-5-7-21-37(34)52(38-22-8-6-20-35(38)48)55-46-27-15-11-17-32(46)33-18-12-16-28-47(33)55/h5-31H,1-4H3. The second-order valence-corrected chi connectivity index (χ2v) is 16.8. The van der Waals surface area contributed by atoms with Gasteiger partial charge in [0, 0.05) is 32.4 Å². The van der Waals surface area contributed by atoms with Crippen LogP contribution in [0.15, 0.2) is 164 Å². The van der Waals surface area contributed by atoms with Crippen molar-refractivity contribution in [3.05, 3.63) is 186 Å². The lowest BCUT2D eigenvalue weighted by atomic mass is 9.77. The van der Waals surface area contributed by atoms with E-state index in [0.717, 1.165) is 0 Å². The Morgan fingerprint density at radius 1 is 0.327 bits per heavy atom. The van der Waals surface area contributed by atoms with Crippen molar-refractivity contribution in [2.45, 2.75) is 38.5 Å². The minimum absolute atomic E-state index is 0.0972. The first-order valence-electron chi connectivity index (χ1n) is 19.6. The topological polar surface area (TPSA) is 4.93 Å². The molecular formula is C54H39N. The highest BCUT2D eigenvalue weighted by Crippen LogP contribution is 2.60. The Kier molecular flexibility index (Phi) is 5.98. The van der Waals surface area contributed by atoms with Gasteiger partial charge in [-0.1, -0.05) is 173 Å². The van der Waals surface area contributed by atoms with Crippen molar-refractivity contribution in [1.82, 2.24) is 4.57 Å². The summed E-state index contributed by atoms with van der Waals surface area (Å²) in [6.07, 6.45) is 0. The molecule has 1 aromatic heterocycles. The van der Waals surface area contributed by atoms with Crippen molar-refractivity contribution in [3.8, 4) is 39.1 Å². The van der Waals surface area contributed by atoms with Gasteiger partial charge in [0.15, 0.2) is 0 Å². The van der Waals surface area contributed by atoms with E-state index in [2.05, 4.69) is 196 Å². The van der Waals surface area contributed by atoms with Gasteiger partial charge < -0.3 is 4.57 Å². The van der Waals surface area contributed by atoms with Crippen LogP contribution in [0, 0.1) is 0 Å². The molecular weight excluding hydrogens is 663 g/mol. The zero-order valence-corrected chi connectivity index (χ0v) is 31.5. The van der Waals surface area contributed by atoms with E-state index in [-0.39, 0.29) is 10.8 Å². The maximum Gasteiger partial charge on any atom is 0.0619 e. The molecule has 0 unspecified atom stereocenters. The highest BCUT2D eigenvalue weighted by molar-refractivity contribution is 6.25. The fourth-order valence-corrected chi connectivity index (χ4v) is 10.9. The van der Waals surface area contributed by atoms with E-state index < -0.39 is 0 Å². The number of para-hydroxylation sites is 2. The van der Waals surface area contributed by atoms with Crippen molar-refractivity contribution in [3.63, 3.8) is 0 Å². The Bertz CT molecular complexity index is 3190. The summed E-state index contributed by atoms with van der Waals surface area (Å²) in [5.74, 6) is 0. The first-order chi connectivity index (χ1) is 26.9. The molecule has 1 nitrogen and oxygen atoms in total. The van der Waals surface area contributed by atoms with Crippen LogP contribution in [-0.4, -0.2) is 4.57 Å². The summed E-state index contributed by atoms with van der Waals surface area (Å²) < 4.78 is 2.52. The predicted octanol–water partition coefficient (Wildman–Crippen LogP) is 14.5. The molecule has 10 aromatic rings. The number of hydrogen-bond donors (Lipinski definition) is 0. The fourth-order valence-electron chi connectivity index (χ4n) is 10.9. The fraction of sp³-hybridized carbons (Fsp3) is 0.111. The van der Waals surface area contributed by atoms with Gasteiger partial charge in [-0.2, -0.15) is 0 Å². The van der Waals surface area contributed by atoms with Crippen molar-refractivity contribution in [2.24, 2.45) is 0 Å². The lowest BCUT2D eigenvalue weighted by Crippen LogP contribution is -2.15. The molecule has 0 N–H and O–H groups in total. The maximum atomic E-state index is 2.57. The van der Waals surface area contributed by atoms with Crippen molar-refractivity contribution < 1.29 is 0 Å². The summed E-state index contributed by atoms with van der Waals surface area (Å²) in [7, 11) is 0. The van der Waals surface area contributed by atoms with Gasteiger partial charge in [0.1, 0.15) is 0 Å². The van der Waals surface area contributed by atoms with Crippen LogP contribution >= 0.6 is 0 Å². The number of benzene rings is 9. The molecule has 12 rings (SSSR count). The minimum Gasteiger partial charge on any atom is -0.308 e. The number of fused-ring (bicyclic) bond motifs is 14. The smallest absolute Gasteiger partial charge is 0.0619 e. The molecule has 0 saturated carbocycles. The highest BCUT2D eigenvalue weighted by atomic mass is 15.0. The van der Waals surface area contributed by atoms with E-state index in [0.29, 0.717) is 0 Å². The zero-order valence-electron chi connectivity index (χ0n) is 31.5. The zero-order chi connectivity index (χ0) is 36.8. The summed E-state index contributed by atoms with van der Waals surface area (Å²) in [5.41, 5.74) is 17.2. The third-order valence-corrected chi connectivity index (χ3v) is 13.4. The van der Waals surface area contributed by atoms with E-state index in [4.69, 9.17) is 0 Å². The van der Waals surface area contributed by atoms with E-state index in [1.165, 1.54) is 115 Å². The molecule has 0 fully saturated rings. The molecule has 0 radical (unpaired) electrons. The maximum absolute atomic E-state index is 2.57. The lowest BCUT2D eigenvalue weighted by molar-refractivity contribution is 0.660. The van der Waals surface area contributed by atoms with E-state index >= 15 is 0 Å². The van der Waals surface area contributed by atoms with Crippen LogP contribution in [0.2, 0.25) is 0 Å². The molecule has 0 atom stereocenters. The van der Waals surface area contributed by atoms with Crippen LogP contribution in [-0.2, 0) is 10.8 Å². The van der Waals surface area contributed by atoms with Gasteiger partial charge in [-0.25, -0.2) is 0 Å². The summed E-state index contributed by atoms with van der Waals surface area (Å²) in [6, 6.07) is 61.8. The molecule has 1 heterocycles. The Hall–Kier alpha value is -6.44. The second kappa shape index (κ2) is 10.6. The SMILES string of the molecule is CC1(C)c2ccccc2-c2c1ccc1c(-c3c4ccccc4c(-n4c5ccccc5c5ccccc54)c4ccccc34)cc3c(c21)-c1ccccc1C3(C)C. The van der Waals surface area contributed by atoms with E-state index in [1.54, 1.807) is 0 Å². The van der Waals surface area contributed by atoms with Crippen LogP contribution in [0.25, 0.3) is 93.2 Å².